The van der Waals surface area contributed by atoms with Crippen LogP contribution in [0.15, 0.2) is 0 Å². The van der Waals surface area contributed by atoms with Crippen LogP contribution in [-0.4, -0.2) is 30.4 Å². The van der Waals surface area contributed by atoms with Gasteiger partial charge >= 0.3 is 0 Å². The minimum absolute atomic E-state index is 0.0503. The first kappa shape index (κ1) is 10.4. The molecule has 0 rings (SSSR count). The summed E-state index contributed by atoms with van der Waals surface area (Å²) < 4.78 is 0. The first-order valence-electron chi connectivity index (χ1n) is 4.14. The molecule has 1 atom stereocenters. The van der Waals surface area contributed by atoms with Crippen molar-refractivity contribution in [1.82, 2.24) is 4.90 Å². The van der Waals surface area contributed by atoms with Crippen molar-refractivity contribution in [3.05, 3.63) is 0 Å². The standard InChI is InChI=1S/C8H18N2O/c1-4-6-10(3)8(11)7(9)5-2/h7H,4-6,9H2,1-3H3/t7-/m1/s1. The minimum atomic E-state index is -0.313. The fraction of sp³-hybridized carbons (Fsp3) is 0.875. The maximum Gasteiger partial charge on any atom is 0.239 e. The number of hydrogen-bond acceptors (Lipinski definition) is 2. The van der Waals surface area contributed by atoms with Crippen molar-refractivity contribution in [3.8, 4) is 0 Å². The van der Waals surface area contributed by atoms with Crippen molar-refractivity contribution in [1.29, 1.82) is 0 Å². The molecule has 0 radical (unpaired) electrons. The number of hydrogen-bond donors (Lipinski definition) is 1. The van der Waals surface area contributed by atoms with Crippen LogP contribution in [0.4, 0.5) is 0 Å². The summed E-state index contributed by atoms with van der Waals surface area (Å²) in [5, 5.41) is 0. The van der Waals surface area contributed by atoms with Crippen molar-refractivity contribution in [3.63, 3.8) is 0 Å². The molecule has 0 aliphatic rings. The SMILES string of the molecule is CCCN(C)C(=O)[C@H](N)CC. The number of nitrogens with two attached hydrogens (primary N) is 1. The lowest BCUT2D eigenvalue weighted by Crippen LogP contribution is -2.41. The normalized spacial score (nSPS) is 12.7. The van der Waals surface area contributed by atoms with E-state index in [2.05, 4.69) is 0 Å². The highest BCUT2D eigenvalue weighted by molar-refractivity contribution is 5.81. The van der Waals surface area contributed by atoms with Crippen molar-refractivity contribution in [2.75, 3.05) is 13.6 Å². The molecule has 0 fully saturated rings. The molecule has 3 nitrogen and oxygen atoms in total. The Hall–Kier alpha value is -0.570. The number of likely N-dealkylation sites (N-methyl/N-ethyl adjacent to an activating group) is 1. The molecule has 0 spiro atoms. The molecule has 0 unspecified atom stereocenters. The highest BCUT2D eigenvalue weighted by atomic mass is 16.2. The minimum Gasteiger partial charge on any atom is -0.344 e. The van der Waals surface area contributed by atoms with Crippen LogP contribution in [0.5, 0.6) is 0 Å². The summed E-state index contributed by atoms with van der Waals surface area (Å²) in [5.74, 6) is 0.0503. The summed E-state index contributed by atoms with van der Waals surface area (Å²) in [6.45, 7) is 4.76. The van der Waals surface area contributed by atoms with Gasteiger partial charge in [0.25, 0.3) is 0 Å². The zero-order chi connectivity index (χ0) is 8.85. The fourth-order valence-electron chi connectivity index (χ4n) is 0.903. The second-order valence-electron chi connectivity index (χ2n) is 2.77. The second kappa shape index (κ2) is 5.13. The van der Waals surface area contributed by atoms with Crippen LogP contribution in [0.1, 0.15) is 26.7 Å². The number of nitrogens with zero attached hydrogens (tertiary/aromatic N) is 1. The van der Waals surface area contributed by atoms with E-state index in [9.17, 15) is 4.79 Å². The van der Waals surface area contributed by atoms with Gasteiger partial charge in [0.15, 0.2) is 0 Å². The van der Waals surface area contributed by atoms with Gasteiger partial charge < -0.3 is 10.6 Å². The van der Waals surface area contributed by atoms with E-state index < -0.39 is 0 Å². The average Bonchev–Trinajstić information content (AvgIpc) is 2.02. The lowest BCUT2D eigenvalue weighted by molar-refractivity contribution is -0.131. The van der Waals surface area contributed by atoms with Gasteiger partial charge in [-0.1, -0.05) is 13.8 Å². The summed E-state index contributed by atoms with van der Waals surface area (Å²) >= 11 is 0. The molecular weight excluding hydrogens is 140 g/mol. The molecular formula is C8H18N2O. The first-order chi connectivity index (χ1) is 5.13. The van der Waals surface area contributed by atoms with E-state index in [0.29, 0.717) is 6.42 Å². The number of rotatable bonds is 4. The van der Waals surface area contributed by atoms with Crippen molar-refractivity contribution in [2.45, 2.75) is 32.7 Å². The van der Waals surface area contributed by atoms with Crippen molar-refractivity contribution >= 4 is 5.91 Å². The van der Waals surface area contributed by atoms with E-state index in [1.54, 1.807) is 11.9 Å². The molecule has 0 saturated heterocycles. The van der Waals surface area contributed by atoms with Gasteiger partial charge in [-0.2, -0.15) is 0 Å². The molecule has 3 heteroatoms. The van der Waals surface area contributed by atoms with Crippen molar-refractivity contribution < 1.29 is 4.79 Å². The summed E-state index contributed by atoms with van der Waals surface area (Å²) in [7, 11) is 1.79. The molecule has 0 aromatic carbocycles. The Balaban J connectivity index is 3.81. The van der Waals surface area contributed by atoms with E-state index in [1.165, 1.54) is 0 Å². The maximum absolute atomic E-state index is 11.3. The van der Waals surface area contributed by atoms with Crippen LogP contribution in [0.25, 0.3) is 0 Å². The predicted octanol–water partition coefficient (Wildman–Crippen LogP) is 0.592. The predicted molar refractivity (Wildman–Crippen MR) is 46.2 cm³/mol. The Bertz CT molecular complexity index is 125. The molecule has 0 aromatic rings. The van der Waals surface area contributed by atoms with Gasteiger partial charge in [0.05, 0.1) is 6.04 Å². The Morgan fingerprint density at radius 1 is 1.55 bits per heavy atom. The topological polar surface area (TPSA) is 46.3 Å². The van der Waals surface area contributed by atoms with Gasteiger partial charge in [-0.15, -0.1) is 0 Å². The molecule has 0 aliphatic heterocycles. The average molecular weight is 158 g/mol. The lowest BCUT2D eigenvalue weighted by Gasteiger charge is -2.19. The van der Waals surface area contributed by atoms with E-state index >= 15 is 0 Å². The van der Waals surface area contributed by atoms with E-state index in [4.69, 9.17) is 5.73 Å². The highest BCUT2D eigenvalue weighted by Crippen LogP contribution is 1.94. The van der Waals surface area contributed by atoms with E-state index in [-0.39, 0.29) is 11.9 Å². The largest absolute Gasteiger partial charge is 0.344 e. The van der Waals surface area contributed by atoms with Crippen LogP contribution in [0.3, 0.4) is 0 Å². The first-order valence-corrected chi connectivity index (χ1v) is 4.14. The molecule has 2 N–H and O–H groups in total. The zero-order valence-electron chi connectivity index (χ0n) is 7.63. The number of carbonyl (C=O) groups excluding carboxylic acids is 1. The molecule has 1 amide bonds. The Morgan fingerprint density at radius 3 is 2.45 bits per heavy atom. The van der Waals surface area contributed by atoms with Gasteiger partial charge in [0.1, 0.15) is 0 Å². The van der Waals surface area contributed by atoms with Crippen LogP contribution < -0.4 is 5.73 Å². The highest BCUT2D eigenvalue weighted by Gasteiger charge is 2.14. The van der Waals surface area contributed by atoms with E-state index in [1.807, 2.05) is 13.8 Å². The fourth-order valence-corrected chi connectivity index (χ4v) is 0.903. The third-order valence-electron chi connectivity index (χ3n) is 1.69. The van der Waals surface area contributed by atoms with Gasteiger partial charge in [0, 0.05) is 13.6 Å². The molecule has 0 aromatic heterocycles. The van der Waals surface area contributed by atoms with Crippen LogP contribution in [0, 0.1) is 0 Å². The smallest absolute Gasteiger partial charge is 0.239 e. The van der Waals surface area contributed by atoms with Crippen LogP contribution >= 0.6 is 0 Å². The monoisotopic (exact) mass is 158 g/mol. The molecule has 11 heavy (non-hydrogen) atoms. The van der Waals surface area contributed by atoms with Crippen LogP contribution in [-0.2, 0) is 4.79 Å². The number of amides is 1. The molecule has 0 heterocycles. The van der Waals surface area contributed by atoms with Gasteiger partial charge in [0.2, 0.25) is 5.91 Å². The van der Waals surface area contributed by atoms with Crippen molar-refractivity contribution in [2.24, 2.45) is 5.73 Å². The molecule has 0 bridgehead atoms. The Morgan fingerprint density at radius 2 is 2.09 bits per heavy atom. The molecule has 66 valence electrons. The summed E-state index contributed by atoms with van der Waals surface area (Å²) in [4.78, 5) is 13.0. The second-order valence-corrected chi connectivity index (χ2v) is 2.77. The lowest BCUT2D eigenvalue weighted by atomic mass is 10.2. The van der Waals surface area contributed by atoms with Gasteiger partial charge in [-0.3, -0.25) is 4.79 Å². The number of carbonyl (C=O) groups is 1. The Labute approximate surface area is 68.6 Å². The summed E-state index contributed by atoms with van der Waals surface area (Å²) in [6, 6.07) is -0.313. The maximum atomic E-state index is 11.3. The molecule has 0 aliphatic carbocycles. The quantitative estimate of drug-likeness (QED) is 0.651. The third-order valence-corrected chi connectivity index (χ3v) is 1.69. The zero-order valence-corrected chi connectivity index (χ0v) is 7.63. The molecule has 0 saturated carbocycles. The summed E-state index contributed by atoms with van der Waals surface area (Å²) in [5.41, 5.74) is 5.56. The Kier molecular flexibility index (Phi) is 4.86. The van der Waals surface area contributed by atoms with Gasteiger partial charge in [-0.25, -0.2) is 0 Å². The summed E-state index contributed by atoms with van der Waals surface area (Å²) in [6.07, 6.45) is 1.70. The third kappa shape index (κ3) is 3.37. The van der Waals surface area contributed by atoms with Gasteiger partial charge in [-0.05, 0) is 12.8 Å². The van der Waals surface area contributed by atoms with E-state index in [0.717, 1.165) is 13.0 Å². The van der Waals surface area contributed by atoms with Crippen LogP contribution in [0.2, 0.25) is 0 Å².